The summed E-state index contributed by atoms with van der Waals surface area (Å²) in [6.45, 7) is 8.37. The minimum absolute atomic E-state index is 0.302. The molecule has 142 valence electrons. The molecule has 1 aliphatic rings. The van der Waals surface area contributed by atoms with Gasteiger partial charge in [-0.05, 0) is 38.7 Å². The highest BCUT2D eigenvalue weighted by Crippen LogP contribution is 2.35. The molecule has 0 spiro atoms. The van der Waals surface area contributed by atoms with Crippen LogP contribution < -0.4 is 11.1 Å². The summed E-state index contributed by atoms with van der Waals surface area (Å²) >= 11 is 0. The minimum Gasteiger partial charge on any atom is -0.377 e. The average molecular weight is 358 g/mol. The number of hydrogen-bond donors (Lipinski definition) is 2. The quantitative estimate of drug-likeness (QED) is 0.752. The molecule has 0 bridgehead atoms. The Morgan fingerprint density at radius 2 is 2.08 bits per heavy atom. The molecule has 2 aromatic rings. The van der Waals surface area contributed by atoms with Gasteiger partial charge in [-0.1, -0.05) is 6.92 Å². The van der Waals surface area contributed by atoms with Crippen LogP contribution in [0.1, 0.15) is 54.2 Å². The number of aryl methyl sites for hydroxylation is 1. The normalized spacial score (nSPS) is 19.4. The molecule has 26 heavy (non-hydrogen) atoms. The van der Waals surface area contributed by atoms with E-state index in [-0.39, 0.29) is 0 Å². The Balaban J connectivity index is 1.67. The topological polar surface area (TPSA) is 90.9 Å². The summed E-state index contributed by atoms with van der Waals surface area (Å²) in [5, 5.41) is 8.07. The van der Waals surface area contributed by atoms with Gasteiger partial charge >= 0.3 is 0 Å². The van der Waals surface area contributed by atoms with E-state index >= 15 is 0 Å². The Bertz CT molecular complexity index is 751. The van der Waals surface area contributed by atoms with Crippen molar-refractivity contribution in [1.29, 1.82) is 0 Å². The van der Waals surface area contributed by atoms with E-state index < -0.39 is 0 Å². The number of ether oxygens (including phenoxy) is 1. The van der Waals surface area contributed by atoms with E-state index in [1.54, 1.807) is 7.11 Å². The van der Waals surface area contributed by atoms with Crippen molar-refractivity contribution in [3.8, 4) is 0 Å². The summed E-state index contributed by atoms with van der Waals surface area (Å²) in [6.07, 6.45) is 3.01. The highest BCUT2D eigenvalue weighted by molar-refractivity contribution is 5.38. The molecular weight excluding hydrogens is 328 g/mol. The van der Waals surface area contributed by atoms with Crippen molar-refractivity contribution in [2.75, 3.05) is 19.0 Å². The van der Waals surface area contributed by atoms with Gasteiger partial charge in [-0.3, -0.25) is 4.68 Å². The molecule has 3 rings (SSSR count). The molecule has 0 saturated heterocycles. The number of aromatic nitrogens is 4. The number of methoxy groups -OCH3 is 1. The van der Waals surface area contributed by atoms with E-state index in [0.29, 0.717) is 24.4 Å². The van der Waals surface area contributed by atoms with Crippen LogP contribution in [0.4, 0.5) is 5.82 Å². The lowest BCUT2D eigenvalue weighted by atomic mass is 9.78. The third kappa shape index (κ3) is 4.04. The zero-order valence-electron chi connectivity index (χ0n) is 16.2. The SMILES string of the molecule is CCc1c(C)nn(CCNc2cc(C3CC(N)C3)nc(COC)n2)c1C. The van der Waals surface area contributed by atoms with Gasteiger partial charge < -0.3 is 15.8 Å². The Hall–Kier alpha value is -1.99. The molecule has 1 aliphatic carbocycles. The largest absolute Gasteiger partial charge is 0.377 e. The number of nitrogens with two attached hydrogens (primary N) is 1. The maximum Gasteiger partial charge on any atom is 0.156 e. The lowest BCUT2D eigenvalue weighted by molar-refractivity contribution is 0.177. The fourth-order valence-corrected chi connectivity index (χ4v) is 3.67. The standard InChI is InChI=1S/C19H30N6O/c1-5-16-12(2)24-25(13(16)3)7-6-21-18-10-17(14-8-15(20)9-14)22-19(23-18)11-26-4/h10,14-15H,5-9,11,20H2,1-4H3,(H,21,22,23). The second kappa shape index (κ2) is 8.14. The lowest BCUT2D eigenvalue weighted by Crippen LogP contribution is -2.35. The van der Waals surface area contributed by atoms with Gasteiger partial charge in [0.25, 0.3) is 0 Å². The molecular formula is C19H30N6O. The predicted octanol–water partition coefficient (Wildman–Crippen LogP) is 2.32. The van der Waals surface area contributed by atoms with Crippen LogP contribution in [-0.4, -0.2) is 39.4 Å². The minimum atomic E-state index is 0.302. The molecule has 0 amide bonds. The molecule has 3 N–H and O–H groups in total. The van der Waals surface area contributed by atoms with Crippen molar-refractivity contribution >= 4 is 5.82 Å². The van der Waals surface area contributed by atoms with Crippen molar-refractivity contribution < 1.29 is 4.74 Å². The summed E-state index contributed by atoms with van der Waals surface area (Å²) in [5.41, 5.74) is 10.7. The maximum atomic E-state index is 5.93. The van der Waals surface area contributed by atoms with Crippen molar-refractivity contribution in [3.05, 3.63) is 34.5 Å². The van der Waals surface area contributed by atoms with E-state index in [4.69, 9.17) is 10.5 Å². The lowest BCUT2D eigenvalue weighted by Gasteiger charge is -2.32. The smallest absolute Gasteiger partial charge is 0.156 e. The summed E-state index contributed by atoms with van der Waals surface area (Å²) < 4.78 is 7.29. The Morgan fingerprint density at radius 1 is 1.31 bits per heavy atom. The first-order valence-corrected chi connectivity index (χ1v) is 9.40. The monoisotopic (exact) mass is 358 g/mol. The van der Waals surface area contributed by atoms with E-state index in [1.807, 2.05) is 6.07 Å². The van der Waals surface area contributed by atoms with Gasteiger partial charge in [0.1, 0.15) is 12.4 Å². The van der Waals surface area contributed by atoms with Crippen molar-refractivity contribution in [2.45, 2.75) is 65.1 Å². The summed E-state index contributed by atoms with van der Waals surface area (Å²) in [5.74, 6) is 2.00. The highest BCUT2D eigenvalue weighted by atomic mass is 16.5. The van der Waals surface area contributed by atoms with Gasteiger partial charge in [-0.2, -0.15) is 5.10 Å². The zero-order valence-corrected chi connectivity index (χ0v) is 16.2. The van der Waals surface area contributed by atoms with Crippen LogP contribution in [0, 0.1) is 13.8 Å². The van der Waals surface area contributed by atoms with Crippen LogP contribution in [0.3, 0.4) is 0 Å². The molecule has 2 heterocycles. The first-order valence-electron chi connectivity index (χ1n) is 9.40. The van der Waals surface area contributed by atoms with Crippen LogP contribution >= 0.6 is 0 Å². The van der Waals surface area contributed by atoms with Crippen LogP contribution in [0.25, 0.3) is 0 Å². The first-order chi connectivity index (χ1) is 12.5. The van der Waals surface area contributed by atoms with E-state index in [2.05, 4.69) is 45.8 Å². The highest BCUT2D eigenvalue weighted by Gasteiger charge is 2.29. The summed E-state index contributed by atoms with van der Waals surface area (Å²) in [6, 6.07) is 2.35. The second-order valence-corrected chi connectivity index (χ2v) is 7.11. The van der Waals surface area contributed by atoms with Crippen LogP contribution in [-0.2, 0) is 24.3 Å². The van der Waals surface area contributed by atoms with Gasteiger partial charge in [-0.25, -0.2) is 9.97 Å². The second-order valence-electron chi connectivity index (χ2n) is 7.11. The number of hydrogen-bond acceptors (Lipinski definition) is 6. The van der Waals surface area contributed by atoms with Gasteiger partial charge in [-0.15, -0.1) is 0 Å². The van der Waals surface area contributed by atoms with Gasteiger partial charge in [0, 0.05) is 43.1 Å². The Labute approximate surface area is 155 Å². The van der Waals surface area contributed by atoms with E-state index in [1.165, 1.54) is 11.3 Å². The van der Waals surface area contributed by atoms with Gasteiger partial charge in [0.15, 0.2) is 5.82 Å². The number of nitrogens with zero attached hydrogens (tertiary/aromatic N) is 4. The number of nitrogens with one attached hydrogen (secondary N) is 1. The Kier molecular flexibility index (Phi) is 5.88. The van der Waals surface area contributed by atoms with E-state index in [0.717, 1.165) is 49.6 Å². The molecule has 0 aliphatic heterocycles. The third-order valence-corrected chi connectivity index (χ3v) is 5.17. The van der Waals surface area contributed by atoms with Gasteiger partial charge in [0.05, 0.1) is 12.2 Å². The van der Waals surface area contributed by atoms with E-state index in [9.17, 15) is 0 Å². The fourth-order valence-electron chi connectivity index (χ4n) is 3.67. The van der Waals surface area contributed by atoms with Crippen LogP contribution in [0.2, 0.25) is 0 Å². The molecule has 0 radical (unpaired) electrons. The van der Waals surface area contributed by atoms with Gasteiger partial charge in [0.2, 0.25) is 0 Å². The van der Waals surface area contributed by atoms with Crippen LogP contribution in [0.5, 0.6) is 0 Å². The molecule has 7 nitrogen and oxygen atoms in total. The summed E-state index contributed by atoms with van der Waals surface area (Å²) in [4.78, 5) is 9.20. The molecule has 0 aromatic carbocycles. The average Bonchev–Trinajstić information content (AvgIpc) is 2.85. The zero-order chi connectivity index (χ0) is 18.7. The number of anilines is 1. The maximum absolute atomic E-state index is 5.93. The summed E-state index contributed by atoms with van der Waals surface area (Å²) in [7, 11) is 1.66. The first kappa shape index (κ1) is 18.8. The van der Waals surface area contributed by atoms with Crippen molar-refractivity contribution in [1.82, 2.24) is 19.7 Å². The molecule has 7 heteroatoms. The molecule has 1 saturated carbocycles. The van der Waals surface area contributed by atoms with Crippen molar-refractivity contribution in [3.63, 3.8) is 0 Å². The van der Waals surface area contributed by atoms with Crippen molar-refractivity contribution in [2.24, 2.45) is 5.73 Å². The molecule has 2 aromatic heterocycles. The molecule has 0 unspecified atom stereocenters. The Morgan fingerprint density at radius 3 is 2.69 bits per heavy atom. The molecule has 1 fully saturated rings. The third-order valence-electron chi connectivity index (χ3n) is 5.17. The molecule has 0 atom stereocenters. The van der Waals surface area contributed by atoms with Crippen LogP contribution in [0.15, 0.2) is 6.07 Å². The number of rotatable bonds is 8. The fraction of sp³-hybridized carbons (Fsp3) is 0.632. The predicted molar refractivity (Wildman–Crippen MR) is 102 cm³/mol.